The van der Waals surface area contributed by atoms with E-state index in [0.29, 0.717) is 40.5 Å². The van der Waals surface area contributed by atoms with Crippen molar-refractivity contribution < 1.29 is 9.13 Å². The third-order valence-corrected chi connectivity index (χ3v) is 7.63. The van der Waals surface area contributed by atoms with Crippen molar-refractivity contribution in [2.45, 2.75) is 32.2 Å². The fourth-order valence-electron chi connectivity index (χ4n) is 5.55. The summed E-state index contributed by atoms with van der Waals surface area (Å²) in [5.74, 6) is 1.93. The van der Waals surface area contributed by atoms with E-state index in [-0.39, 0.29) is 18.4 Å². The Morgan fingerprint density at radius 1 is 1.00 bits per heavy atom. The number of halogens is 1. The number of anilines is 1. The van der Waals surface area contributed by atoms with Crippen LogP contribution in [-0.4, -0.2) is 53.5 Å². The molecule has 0 amide bonds. The maximum absolute atomic E-state index is 14.3. The van der Waals surface area contributed by atoms with Gasteiger partial charge >= 0.3 is 0 Å². The molecule has 7 rings (SSSR count). The van der Waals surface area contributed by atoms with Gasteiger partial charge in [0.2, 0.25) is 5.82 Å². The monoisotopic (exact) mass is 559 g/mol. The average molecular weight is 560 g/mol. The molecule has 0 saturated carbocycles. The number of nitrogens with zero attached hydrogens (tertiary/aromatic N) is 8. The van der Waals surface area contributed by atoms with Crippen LogP contribution >= 0.6 is 0 Å². The molecule has 1 fully saturated rings. The van der Waals surface area contributed by atoms with Crippen LogP contribution < -0.4 is 10.1 Å². The summed E-state index contributed by atoms with van der Waals surface area (Å²) in [5, 5.41) is 12.5. The Hall–Kier alpha value is -5.21. The van der Waals surface area contributed by atoms with Crippen molar-refractivity contribution in [3.05, 3.63) is 90.5 Å². The number of aromatic nitrogens is 6. The van der Waals surface area contributed by atoms with Gasteiger partial charge in [0.25, 0.3) is 0 Å². The summed E-state index contributed by atoms with van der Waals surface area (Å²) in [6.45, 7) is 2.98. The Morgan fingerprint density at radius 3 is 2.64 bits per heavy atom. The highest BCUT2D eigenvalue weighted by atomic mass is 19.1. The Bertz CT molecular complexity index is 1790. The molecule has 0 unspecified atom stereocenters. The largest absolute Gasteiger partial charge is 0.472 e. The van der Waals surface area contributed by atoms with Gasteiger partial charge in [-0.3, -0.25) is 19.4 Å². The lowest BCUT2D eigenvalue weighted by Crippen LogP contribution is -2.38. The summed E-state index contributed by atoms with van der Waals surface area (Å²) in [5.41, 5.74) is 4.81. The van der Waals surface area contributed by atoms with Crippen LogP contribution in [0.5, 0.6) is 5.75 Å². The van der Waals surface area contributed by atoms with Crippen LogP contribution in [0.3, 0.4) is 0 Å². The molecule has 0 radical (unpaired) electrons. The second kappa shape index (κ2) is 11.0. The number of hydrogen-bond acceptors (Lipinski definition) is 9. The zero-order chi connectivity index (χ0) is 28.5. The smallest absolute Gasteiger partial charge is 0.234 e. The van der Waals surface area contributed by atoms with Crippen LogP contribution in [0.2, 0.25) is 0 Å². The third-order valence-electron chi connectivity index (χ3n) is 7.63. The first-order chi connectivity index (χ1) is 20.6. The predicted molar refractivity (Wildman–Crippen MR) is 153 cm³/mol. The van der Waals surface area contributed by atoms with E-state index in [9.17, 15) is 4.39 Å². The van der Waals surface area contributed by atoms with Gasteiger partial charge in [0.1, 0.15) is 29.3 Å². The molecule has 4 aromatic heterocycles. The lowest BCUT2D eigenvalue weighted by Gasteiger charge is -2.32. The van der Waals surface area contributed by atoms with Gasteiger partial charge in [-0.1, -0.05) is 24.3 Å². The number of fused-ring (bicyclic) bond motifs is 3. The summed E-state index contributed by atoms with van der Waals surface area (Å²) in [6, 6.07) is 17.0. The van der Waals surface area contributed by atoms with E-state index >= 15 is 0 Å². The highest BCUT2D eigenvalue weighted by Gasteiger charge is 2.27. The van der Waals surface area contributed by atoms with E-state index in [4.69, 9.17) is 15.0 Å². The second-order valence-corrected chi connectivity index (χ2v) is 10.3. The van der Waals surface area contributed by atoms with E-state index in [1.54, 1.807) is 24.7 Å². The van der Waals surface area contributed by atoms with Crippen LogP contribution in [0, 0.1) is 17.1 Å². The summed E-state index contributed by atoms with van der Waals surface area (Å²) >= 11 is 0. The summed E-state index contributed by atoms with van der Waals surface area (Å²) < 4.78 is 22.2. The lowest BCUT2D eigenvalue weighted by molar-refractivity contribution is 0.211. The number of pyridine rings is 2. The molecule has 0 atom stereocenters. The number of nitriles is 1. The molecular weight excluding hydrogens is 533 g/mol. The maximum Gasteiger partial charge on any atom is 0.234 e. The van der Waals surface area contributed by atoms with E-state index in [1.807, 2.05) is 16.7 Å². The normalized spacial score (nSPS) is 14.9. The molecule has 5 aromatic rings. The number of nitrogens with one attached hydrogen (secondary N) is 1. The molecule has 208 valence electrons. The first kappa shape index (κ1) is 25.7. The van der Waals surface area contributed by atoms with Crippen molar-refractivity contribution in [1.29, 1.82) is 5.26 Å². The van der Waals surface area contributed by atoms with Gasteiger partial charge in [-0.05, 0) is 36.6 Å². The fraction of sp³-hybridized carbons (Fsp3) is 0.226. The number of ether oxygens (including phenoxy) is 1. The number of likely N-dealkylation sites (tertiary alicyclic amines) is 1. The first-order valence-electron chi connectivity index (χ1n) is 13.8. The van der Waals surface area contributed by atoms with Crippen molar-refractivity contribution in [1.82, 2.24) is 34.4 Å². The number of piperidine rings is 1. The van der Waals surface area contributed by atoms with E-state index in [0.717, 1.165) is 43.6 Å². The Labute approximate surface area is 241 Å². The molecule has 1 N–H and O–H groups in total. The van der Waals surface area contributed by atoms with Crippen LogP contribution in [0.1, 0.15) is 24.2 Å². The van der Waals surface area contributed by atoms with Crippen LogP contribution in [0.25, 0.3) is 34.0 Å². The van der Waals surface area contributed by atoms with Crippen molar-refractivity contribution in [2.75, 3.05) is 18.4 Å². The molecular formula is C31H26FN9O. The number of benzene rings is 1. The molecule has 0 aliphatic carbocycles. The molecule has 2 aliphatic heterocycles. The van der Waals surface area contributed by atoms with Gasteiger partial charge in [-0.25, -0.2) is 19.3 Å². The minimum Gasteiger partial charge on any atom is -0.472 e. The van der Waals surface area contributed by atoms with Crippen molar-refractivity contribution in [3.8, 4) is 45.9 Å². The Kier molecular flexibility index (Phi) is 6.73. The van der Waals surface area contributed by atoms with Gasteiger partial charge in [0, 0.05) is 62.1 Å². The molecule has 0 bridgehead atoms. The fourth-order valence-corrected chi connectivity index (χ4v) is 5.55. The van der Waals surface area contributed by atoms with Gasteiger partial charge in [0.15, 0.2) is 6.73 Å². The van der Waals surface area contributed by atoms with Gasteiger partial charge in [0.05, 0.1) is 22.6 Å². The maximum atomic E-state index is 14.3. The summed E-state index contributed by atoms with van der Waals surface area (Å²) in [7, 11) is 0. The quantitative estimate of drug-likeness (QED) is 0.310. The molecule has 6 heterocycles. The second-order valence-electron chi connectivity index (χ2n) is 10.3. The topological polar surface area (TPSA) is 118 Å². The Balaban J connectivity index is 1.09. The zero-order valence-corrected chi connectivity index (χ0v) is 22.6. The molecule has 11 heteroatoms. The van der Waals surface area contributed by atoms with Crippen LogP contribution in [0.4, 0.5) is 10.2 Å². The first-order valence-corrected chi connectivity index (χ1v) is 13.8. The third kappa shape index (κ3) is 5.04. The number of rotatable bonds is 6. The van der Waals surface area contributed by atoms with E-state index < -0.39 is 0 Å². The SMILES string of the molecule is N#Cc1nccc(NC2CCN(Cc3ccc(-c4nc5n(c4-c4cc(F)ccn4)COc4ccncc4-5)cc3)CC2)n1. The van der Waals surface area contributed by atoms with Crippen LogP contribution in [0.15, 0.2) is 73.3 Å². The van der Waals surface area contributed by atoms with Gasteiger partial charge in [-0.2, -0.15) is 5.26 Å². The van der Waals surface area contributed by atoms with E-state index in [2.05, 4.69) is 54.4 Å². The van der Waals surface area contributed by atoms with Crippen molar-refractivity contribution in [3.63, 3.8) is 0 Å². The lowest BCUT2D eigenvalue weighted by atomic mass is 10.0. The minimum absolute atomic E-state index is 0.172. The van der Waals surface area contributed by atoms with Gasteiger partial charge < -0.3 is 10.1 Å². The molecule has 2 aliphatic rings. The molecule has 42 heavy (non-hydrogen) atoms. The molecule has 0 spiro atoms. The van der Waals surface area contributed by atoms with Gasteiger partial charge in [-0.15, -0.1) is 0 Å². The molecule has 1 saturated heterocycles. The summed E-state index contributed by atoms with van der Waals surface area (Å²) in [4.78, 5) is 24.3. The zero-order valence-electron chi connectivity index (χ0n) is 22.6. The summed E-state index contributed by atoms with van der Waals surface area (Å²) in [6.07, 6.45) is 8.45. The molecule has 10 nitrogen and oxygen atoms in total. The standard InChI is InChI=1S/C31H26FN9O/c32-22-5-11-35-25(15-22)30-29(39-31-24-17-34-10-6-26(24)42-19-41(30)31)21-3-1-20(2-4-21)18-40-13-8-23(9-14-40)37-27-7-12-36-28(16-33)38-27/h1-7,10-12,15,17,23H,8-9,13-14,18-19H2,(H,36,37,38). The predicted octanol–water partition coefficient (Wildman–Crippen LogP) is 4.90. The molecule has 1 aromatic carbocycles. The number of hydrogen-bond donors (Lipinski definition) is 1. The minimum atomic E-state index is -0.362. The number of imidazole rings is 1. The van der Waals surface area contributed by atoms with Crippen molar-refractivity contribution in [2.24, 2.45) is 0 Å². The average Bonchev–Trinajstić information content (AvgIpc) is 3.43. The van der Waals surface area contributed by atoms with E-state index in [1.165, 1.54) is 23.9 Å². The highest BCUT2D eigenvalue weighted by Crippen LogP contribution is 2.40. The van der Waals surface area contributed by atoms with Crippen molar-refractivity contribution >= 4 is 5.82 Å². The Morgan fingerprint density at radius 2 is 1.83 bits per heavy atom. The van der Waals surface area contributed by atoms with Crippen LogP contribution in [-0.2, 0) is 13.3 Å². The highest BCUT2D eigenvalue weighted by molar-refractivity contribution is 5.82.